The van der Waals surface area contributed by atoms with Crippen LogP contribution in [0.2, 0.25) is 0 Å². The molecule has 2 unspecified atom stereocenters. The van der Waals surface area contributed by atoms with Gasteiger partial charge in [0.15, 0.2) is 5.78 Å². The monoisotopic (exact) mass is 165 g/mol. The van der Waals surface area contributed by atoms with Crippen LogP contribution in [-0.2, 0) is 4.79 Å². The normalized spacial score (nSPS) is 33.4. The highest BCUT2D eigenvalue weighted by atomic mass is 16.1. The Labute approximate surface area is 73.0 Å². The van der Waals surface area contributed by atoms with Crippen molar-refractivity contribution < 1.29 is 4.79 Å². The van der Waals surface area contributed by atoms with Crippen molar-refractivity contribution in [2.75, 3.05) is 6.54 Å². The molecule has 0 aromatic rings. The van der Waals surface area contributed by atoms with Crippen LogP contribution in [0.1, 0.15) is 26.2 Å². The van der Waals surface area contributed by atoms with Gasteiger partial charge in [-0.3, -0.25) is 4.79 Å². The molecule has 2 aliphatic rings. The third-order valence-corrected chi connectivity index (χ3v) is 2.84. The van der Waals surface area contributed by atoms with Gasteiger partial charge >= 0.3 is 0 Å². The Morgan fingerprint density at radius 1 is 1.58 bits per heavy atom. The molecular formula is C10H15NO. The van der Waals surface area contributed by atoms with E-state index >= 15 is 0 Å². The van der Waals surface area contributed by atoms with Gasteiger partial charge in [0.1, 0.15) is 0 Å². The molecule has 0 amide bonds. The molecule has 0 radical (unpaired) electrons. The van der Waals surface area contributed by atoms with E-state index in [2.05, 4.69) is 12.2 Å². The Morgan fingerprint density at radius 3 is 2.83 bits per heavy atom. The molecule has 2 nitrogen and oxygen atoms in total. The van der Waals surface area contributed by atoms with Gasteiger partial charge in [-0.15, -0.1) is 0 Å². The summed E-state index contributed by atoms with van der Waals surface area (Å²) in [6.45, 7) is 3.35. The smallest absolute Gasteiger partial charge is 0.157 e. The Kier molecular flexibility index (Phi) is 1.91. The number of carbonyl (C=O) groups excluding carboxylic acids is 1. The van der Waals surface area contributed by atoms with Gasteiger partial charge in [-0.05, 0) is 24.7 Å². The molecule has 2 rings (SSSR count). The van der Waals surface area contributed by atoms with Gasteiger partial charge < -0.3 is 5.32 Å². The van der Waals surface area contributed by atoms with E-state index in [1.165, 1.54) is 6.42 Å². The van der Waals surface area contributed by atoms with Crippen LogP contribution >= 0.6 is 0 Å². The average molecular weight is 165 g/mol. The van der Waals surface area contributed by atoms with Crippen LogP contribution in [0.25, 0.3) is 0 Å². The lowest BCUT2D eigenvalue weighted by molar-refractivity contribution is -0.114. The van der Waals surface area contributed by atoms with Crippen molar-refractivity contribution in [1.82, 2.24) is 5.32 Å². The molecule has 0 aromatic heterocycles. The maximum Gasteiger partial charge on any atom is 0.157 e. The van der Waals surface area contributed by atoms with Crippen LogP contribution in [0.3, 0.4) is 0 Å². The molecule has 1 fully saturated rings. The van der Waals surface area contributed by atoms with Crippen LogP contribution in [0, 0.1) is 11.8 Å². The van der Waals surface area contributed by atoms with Crippen molar-refractivity contribution in [2.45, 2.75) is 26.2 Å². The standard InChI is InChI=1S/C10H15NO/c1-7-4-8(7)6-11-9-2-3-10(12)5-9/h5,7-8,11H,2-4,6H2,1H3. The first kappa shape index (κ1) is 7.84. The van der Waals surface area contributed by atoms with Crippen LogP contribution in [0.5, 0.6) is 0 Å². The van der Waals surface area contributed by atoms with Gasteiger partial charge in [0.25, 0.3) is 0 Å². The second kappa shape index (κ2) is 2.92. The van der Waals surface area contributed by atoms with Crippen LogP contribution in [0.4, 0.5) is 0 Å². The molecule has 12 heavy (non-hydrogen) atoms. The fourth-order valence-corrected chi connectivity index (χ4v) is 1.68. The van der Waals surface area contributed by atoms with Crippen molar-refractivity contribution in [3.63, 3.8) is 0 Å². The summed E-state index contributed by atoms with van der Waals surface area (Å²) >= 11 is 0. The summed E-state index contributed by atoms with van der Waals surface area (Å²) in [5, 5.41) is 3.34. The molecule has 66 valence electrons. The van der Waals surface area contributed by atoms with E-state index in [4.69, 9.17) is 0 Å². The Hall–Kier alpha value is -0.790. The zero-order chi connectivity index (χ0) is 8.55. The van der Waals surface area contributed by atoms with Crippen molar-refractivity contribution >= 4 is 5.78 Å². The summed E-state index contributed by atoms with van der Waals surface area (Å²) in [6, 6.07) is 0. The molecule has 0 bridgehead atoms. The van der Waals surface area contributed by atoms with Gasteiger partial charge in [-0.25, -0.2) is 0 Å². The topological polar surface area (TPSA) is 29.1 Å². The molecule has 2 heteroatoms. The van der Waals surface area contributed by atoms with Crippen molar-refractivity contribution in [3.05, 3.63) is 11.8 Å². The zero-order valence-electron chi connectivity index (χ0n) is 7.47. The fourth-order valence-electron chi connectivity index (χ4n) is 1.68. The number of carbonyl (C=O) groups is 1. The van der Waals surface area contributed by atoms with Gasteiger partial charge in [0, 0.05) is 24.7 Å². The Balaban J connectivity index is 1.73. The lowest BCUT2D eigenvalue weighted by Crippen LogP contribution is -2.15. The highest BCUT2D eigenvalue weighted by Crippen LogP contribution is 2.37. The van der Waals surface area contributed by atoms with E-state index in [9.17, 15) is 4.79 Å². The highest BCUT2D eigenvalue weighted by molar-refractivity contribution is 5.92. The molecule has 1 N–H and O–H groups in total. The van der Waals surface area contributed by atoms with Gasteiger partial charge in [0.05, 0.1) is 0 Å². The molecule has 0 saturated heterocycles. The minimum Gasteiger partial charge on any atom is -0.388 e. The molecule has 0 aromatic carbocycles. The molecule has 1 saturated carbocycles. The SMILES string of the molecule is CC1CC1CNC1=CC(=O)CC1. The van der Waals surface area contributed by atoms with Crippen molar-refractivity contribution in [1.29, 1.82) is 0 Å². The second-order valence-corrected chi connectivity index (χ2v) is 3.99. The summed E-state index contributed by atoms with van der Waals surface area (Å²) in [5.41, 5.74) is 1.15. The van der Waals surface area contributed by atoms with Gasteiger partial charge in [-0.1, -0.05) is 6.92 Å². The van der Waals surface area contributed by atoms with E-state index in [0.717, 1.165) is 30.5 Å². The lowest BCUT2D eigenvalue weighted by atomic mass is 10.3. The third-order valence-electron chi connectivity index (χ3n) is 2.84. The maximum atomic E-state index is 10.9. The first-order chi connectivity index (χ1) is 5.75. The van der Waals surface area contributed by atoms with E-state index in [1.807, 2.05) is 0 Å². The zero-order valence-corrected chi connectivity index (χ0v) is 7.47. The number of nitrogens with one attached hydrogen (secondary N) is 1. The predicted molar refractivity (Wildman–Crippen MR) is 47.6 cm³/mol. The molecule has 2 atom stereocenters. The summed E-state index contributed by atoms with van der Waals surface area (Å²) < 4.78 is 0. The van der Waals surface area contributed by atoms with Crippen LogP contribution in [-0.4, -0.2) is 12.3 Å². The van der Waals surface area contributed by atoms with E-state index < -0.39 is 0 Å². The number of hydrogen-bond acceptors (Lipinski definition) is 2. The number of hydrogen-bond donors (Lipinski definition) is 1. The summed E-state index contributed by atoms with van der Waals surface area (Å²) in [6.07, 6.45) is 4.75. The van der Waals surface area contributed by atoms with E-state index in [0.29, 0.717) is 6.42 Å². The highest BCUT2D eigenvalue weighted by Gasteiger charge is 2.32. The molecule has 0 spiro atoms. The molecule has 0 heterocycles. The minimum atomic E-state index is 0.279. The molecule has 0 aliphatic heterocycles. The summed E-state index contributed by atoms with van der Waals surface area (Å²) in [7, 11) is 0. The first-order valence-electron chi connectivity index (χ1n) is 4.73. The maximum absolute atomic E-state index is 10.9. The summed E-state index contributed by atoms with van der Waals surface area (Å²) in [5.74, 6) is 2.04. The quantitative estimate of drug-likeness (QED) is 0.686. The van der Waals surface area contributed by atoms with Crippen LogP contribution in [0.15, 0.2) is 11.8 Å². The number of rotatable bonds is 3. The largest absolute Gasteiger partial charge is 0.388 e. The van der Waals surface area contributed by atoms with Gasteiger partial charge in [0.2, 0.25) is 0 Å². The fraction of sp³-hybridized carbons (Fsp3) is 0.700. The number of ketones is 1. The van der Waals surface area contributed by atoms with Crippen molar-refractivity contribution in [2.24, 2.45) is 11.8 Å². The molecule has 2 aliphatic carbocycles. The third kappa shape index (κ3) is 1.68. The average Bonchev–Trinajstić information content (AvgIpc) is 2.56. The lowest BCUT2D eigenvalue weighted by Gasteiger charge is -2.04. The van der Waals surface area contributed by atoms with Crippen LogP contribution < -0.4 is 5.32 Å². The van der Waals surface area contributed by atoms with E-state index in [1.54, 1.807) is 6.08 Å². The Bertz CT molecular complexity index is 232. The Morgan fingerprint density at radius 2 is 2.33 bits per heavy atom. The minimum absolute atomic E-state index is 0.279. The predicted octanol–water partition coefficient (Wildman–Crippen LogP) is 1.48. The second-order valence-electron chi connectivity index (χ2n) is 3.99. The van der Waals surface area contributed by atoms with Gasteiger partial charge in [-0.2, -0.15) is 0 Å². The van der Waals surface area contributed by atoms with E-state index in [-0.39, 0.29) is 5.78 Å². The molecular weight excluding hydrogens is 150 g/mol. The summed E-state index contributed by atoms with van der Waals surface area (Å²) in [4.78, 5) is 10.9. The first-order valence-corrected chi connectivity index (χ1v) is 4.73. The number of allylic oxidation sites excluding steroid dienone is 2. The van der Waals surface area contributed by atoms with Crippen molar-refractivity contribution in [3.8, 4) is 0 Å².